The molecule has 0 aromatic heterocycles. The van der Waals surface area contributed by atoms with Crippen molar-refractivity contribution in [3.8, 4) is 0 Å². The molecule has 2 rings (SSSR count). The zero-order chi connectivity index (χ0) is 12.8. The highest BCUT2D eigenvalue weighted by molar-refractivity contribution is 5.68. The van der Waals surface area contributed by atoms with Crippen molar-refractivity contribution in [2.75, 3.05) is 7.05 Å². The van der Waals surface area contributed by atoms with Gasteiger partial charge in [-0.1, -0.05) is 0 Å². The van der Waals surface area contributed by atoms with E-state index in [4.69, 9.17) is 4.74 Å². The number of nitrogens with zero attached hydrogens (tertiary/aromatic N) is 1. The van der Waals surface area contributed by atoms with Crippen molar-refractivity contribution in [2.45, 2.75) is 57.8 Å². The van der Waals surface area contributed by atoms with Gasteiger partial charge >= 0.3 is 6.09 Å². The van der Waals surface area contributed by atoms with Crippen LogP contribution < -0.4 is 0 Å². The smallest absolute Gasteiger partial charge is 0.410 e. The largest absolute Gasteiger partial charge is 0.444 e. The average molecular weight is 241 g/mol. The van der Waals surface area contributed by atoms with Gasteiger partial charge in [0.15, 0.2) is 0 Å². The minimum atomic E-state index is -0.457. The van der Waals surface area contributed by atoms with Crippen LogP contribution in [0, 0.1) is 11.8 Å². The van der Waals surface area contributed by atoms with Crippen LogP contribution in [0.4, 0.5) is 4.79 Å². The van der Waals surface area contributed by atoms with Crippen molar-refractivity contribution in [3.63, 3.8) is 0 Å². The molecule has 4 nitrogen and oxygen atoms in total. The maximum absolute atomic E-state index is 12.0. The number of aliphatic hydroxyl groups excluding tert-OH is 1. The molecule has 0 saturated heterocycles. The Hall–Kier alpha value is -0.770. The van der Waals surface area contributed by atoms with Crippen LogP contribution in [-0.4, -0.2) is 40.9 Å². The summed E-state index contributed by atoms with van der Waals surface area (Å²) < 4.78 is 5.38. The summed E-state index contributed by atoms with van der Waals surface area (Å²) in [4.78, 5) is 13.7. The maximum atomic E-state index is 12.0. The van der Waals surface area contributed by atoms with Crippen molar-refractivity contribution in [2.24, 2.45) is 11.8 Å². The standard InChI is InChI=1S/C13H23NO3/c1-13(2,3)17-12(16)14(4)11-8-5-6-9(11)10(15)7-8/h8-11,15H,5-7H2,1-4H3/t8-,9+,10+,11-/m0/s1. The number of carbonyl (C=O) groups excluding carboxylic acids is 1. The Balaban J connectivity index is 2.01. The van der Waals surface area contributed by atoms with Crippen LogP contribution in [0.5, 0.6) is 0 Å². The van der Waals surface area contributed by atoms with Crippen LogP contribution in [0.15, 0.2) is 0 Å². The monoisotopic (exact) mass is 241 g/mol. The summed E-state index contributed by atoms with van der Waals surface area (Å²) in [6.07, 6.45) is 2.49. The van der Waals surface area contributed by atoms with Crippen LogP contribution >= 0.6 is 0 Å². The fourth-order valence-corrected chi connectivity index (χ4v) is 3.32. The number of carbonyl (C=O) groups is 1. The van der Waals surface area contributed by atoms with E-state index in [9.17, 15) is 9.90 Å². The Bertz CT molecular complexity index is 310. The lowest BCUT2D eigenvalue weighted by molar-refractivity contribution is 0.0152. The summed E-state index contributed by atoms with van der Waals surface area (Å²) in [5, 5.41) is 9.87. The van der Waals surface area contributed by atoms with E-state index < -0.39 is 5.60 Å². The molecule has 1 amide bonds. The molecule has 17 heavy (non-hydrogen) atoms. The number of fused-ring (bicyclic) bond motifs is 2. The lowest BCUT2D eigenvalue weighted by atomic mass is 9.98. The van der Waals surface area contributed by atoms with E-state index in [-0.39, 0.29) is 24.2 Å². The SMILES string of the molecule is CN(C(=O)OC(C)(C)C)[C@H]1[C@H]2CC[C@@H]1[C@H](O)C2. The van der Waals surface area contributed by atoms with Crippen LogP contribution in [0.3, 0.4) is 0 Å². The van der Waals surface area contributed by atoms with Gasteiger partial charge in [-0.25, -0.2) is 4.79 Å². The molecule has 98 valence electrons. The molecule has 0 heterocycles. The van der Waals surface area contributed by atoms with E-state index >= 15 is 0 Å². The molecule has 0 radical (unpaired) electrons. The predicted molar refractivity (Wildman–Crippen MR) is 64.6 cm³/mol. The molecule has 1 N–H and O–H groups in total. The highest BCUT2D eigenvalue weighted by Crippen LogP contribution is 2.47. The van der Waals surface area contributed by atoms with Gasteiger partial charge in [-0.05, 0) is 46.0 Å². The number of hydrogen-bond donors (Lipinski definition) is 1. The van der Waals surface area contributed by atoms with Gasteiger partial charge < -0.3 is 14.7 Å². The molecular weight excluding hydrogens is 218 g/mol. The molecule has 0 aliphatic heterocycles. The first kappa shape index (κ1) is 12.7. The molecule has 2 bridgehead atoms. The molecule has 0 unspecified atom stereocenters. The summed E-state index contributed by atoms with van der Waals surface area (Å²) >= 11 is 0. The zero-order valence-corrected chi connectivity index (χ0v) is 11.1. The fourth-order valence-electron chi connectivity index (χ4n) is 3.32. The minimum Gasteiger partial charge on any atom is -0.444 e. The quantitative estimate of drug-likeness (QED) is 0.764. The summed E-state index contributed by atoms with van der Waals surface area (Å²) in [5.41, 5.74) is -0.457. The first-order valence-corrected chi connectivity index (χ1v) is 6.43. The lowest BCUT2D eigenvalue weighted by Gasteiger charge is -2.31. The Labute approximate surface area is 103 Å². The average Bonchev–Trinajstić information content (AvgIpc) is 2.69. The van der Waals surface area contributed by atoms with Gasteiger partial charge in [0.05, 0.1) is 6.10 Å². The number of amides is 1. The van der Waals surface area contributed by atoms with E-state index in [1.807, 2.05) is 20.8 Å². The molecular formula is C13H23NO3. The van der Waals surface area contributed by atoms with Gasteiger partial charge in [-0.15, -0.1) is 0 Å². The van der Waals surface area contributed by atoms with Gasteiger partial charge in [-0.3, -0.25) is 0 Å². The second-order valence-electron chi connectivity index (χ2n) is 6.39. The van der Waals surface area contributed by atoms with Crippen LogP contribution in [0.1, 0.15) is 40.0 Å². The van der Waals surface area contributed by atoms with Gasteiger partial charge in [0.1, 0.15) is 5.60 Å². The molecule has 2 aliphatic carbocycles. The number of rotatable bonds is 1. The molecule has 0 aromatic carbocycles. The van der Waals surface area contributed by atoms with E-state index in [0.717, 1.165) is 19.3 Å². The molecule has 4 atom stereocenters. The van der Waals surface area contributed by atoms with Crippen molar-refractivity contribution in [3.05, 3.63) is 0 Å². The van der Waals surface area contributed by atoms with Crippen LogP contribution in [-0.2, 0) is 4.74 Å². The topological polar surface area (TPSA) is 49.8 Å². The van der Waals surface area contributed by atoms with Crippen LogP contribution in [0.2, 0.25) is 0 Å². The lowest BCUT2D eigenvalue weighted by Crippen LogP contribution is -2.43. The summed E-state index contributed by atoms with van der Waals surface area (Å²) in [6, 6.07) is 0.167. The van der Waals surface area contributed by atoms with Crippen molar-refractivity contribution in [1.82, 2.24) is 4.90 Å². The normalized spacial score (nSPS) is 36.1. The van der Waals surface area contributed by atoms with E-state index in [2.05, 4.69) is 0 Å². The Morgan fingerprint density at radius 2 is 2.00 bits per heavy atom. The van der Waals surface area contributed by atoms with E-state index in [1.54, 1.807) is 11.9 Å². The van der Waals surface area contributed by atoms with Crippen molar-refractivity contribution >= 4 is 6.09 Å². The molecule has 0 aromatic rings. The minimum absolute atomic E-state index is 0.167. The molecule has 2 fully saturated rings. The third-order valence-corrected chi connectivity index (χ3v) is 3.96. The number of hydrogen-bond acceptors (Lipinski definition) is 3. The van der Waals surface area contributed by atoms with E-state index in [1.165, 1.54) is 0 Å². The van der Waals surface area contributed by atoms with Gasteiger partial charge in [0, 0.05) is 19.0 Å². The molecule has 0 spiro atoms. The second kappa shape index (κ2) is 4.16. The summed E-state index contributed by atoms with van der Waals surface area (Å²) in [5.74, 6) is 0.699. The third kappa shape index (κ3) is 2.41. The molecule has 4 heteroatoms. The second-order valence-corrected chi connectivity index (χ2v) is 6.39. The number of ether oxygens (including phenoxy) is 1. The van der Waals surface area contributed by atoms with Gasteiger partial charge in [-0.2, -0.15) is 0 Å². The summed E-state index contributed by atoms with van der Waals surface area (Å²) in [6.45, 7) is 5.62. The van der Waals surface area contributed by atoms with Crippen LogP contribution in [0.25, 0.3) is 0 Å². The van der Waals surface area contributed by atoms with Crippen molar-refractivity contribution < 1.29 is 14.6 Å². The molecule has 2 saturated carbocycles. The Morgan fingerprint density at radius 3 is 2.41 bits per heavy atom. The first-order valence-electron chi connectivity index (χ1n) is 6.43. The highest BCUT2D eigenvalue weighted by Gasteiger charge is 2.50. The van der Waals surface area contributed by atoms with Gasteiger partial charge in [0.25, 0.3) is 0 Å². The Morgan fingerprint density at radius 1 is 1.35 bits per heavy atom. The van der Waals surface area contributed by atoms with E-state index in [0.29, 0.717) is 5.92 Å². The fraction of sp³-hybridized carbons (Fsp3) is 0.923. The third-order valence-electron chi connectivity index (χ3n) is 3.96. The molecule has 2 aliphatic rings. The zero-order valence-electron chi connectivity index (χ0n) is 11.1. The maximum Gasteiger partial charge on any atom is 0.410 e. The first-order chi connectivity index (χ1) is 7.79. The number of aliphatic hydroxyl groups is 1. The van der Waals surface area contributed by atoms with Gasteiger partial charge in [0.2, 0.25) is 0 Å². The Kier molecular flexibility index (Phi) is 3.10. The van der Waals surface area contributed by atoms with Crippen molar-refractivity contribution in [1.29, 1.82) is 0 Å². The highest BCUT2D eigenvalue weighted by atomic mass is 16.6. The summed E-state index contributed by atoms with van der Waals surface area (Å²) in [7, 11) is 1.79. The predicted octanol–water partition coefficient (Wildman–Crippen LogP) is 2.01.